The summed E-state index contributed by atoms with van der Waals surface area (Å²) in [5.41, 5.74) is 0. The van der Waals surface area contributed by atoms with Crippen molar-refractivity contribution in [3.05, 3.63) is 24.5 Å². The SMILES string of the molecule is O=C(O)N[C@H]1CC[C@H](Oc2ccncc2)CC1. The largest absolute Gasteiger partial charge is 0.490 e. The minimum Gasteiger partial charge on any atom is -0.490 e. The number of hydrogen-bond donors (Lipinski definition) is 2. The average molecular weight is 236 g/mol. The number of ether oxygens (including phenoxy) is 1. The van der Waals surface area contributed by atoms with Gasteiger partial charge in [-0.3, -0.25) is 4.98 Å². The van der Waals surface area contributed by atoms with Crippen LogP contribution in [0.4, 0.5) is 4.79 Å². The molecule has 1 fully saturated rings. The maximum atomic E-state index is 10.5. The van der Waals surface area contributed by atoms with Crippen molar-refractivity contribution in [1.29, 1.82) is 0 Å². The van der Waals surface area contributed by atoms with Crippen LogP contribution < -0.4 is 10.1 Å². The second-order valence-corrected chi connectivity index (χ2v) is 4.22. The molecule has 2 N–H and O–H groups in total. The first-order valence-corrected chi connectivity index (χ1v) is 5.80. The smallest absolute Gasteiger partial charge is 0.404 e. The van der Waals surface area contributed by atoms with Gasteiger partial charge >= 0.3 is 6.09 Å². The lowest BCUT2D eigenvalue weighted by Gasteiger charge is -2.28. The van der Waals surface area contributed by atoms with E-state index < -0.39 is 6.09 Å². The van der Waals surface area contributed by atoms with E-state index in [2.05, 4.69) is 10.3 Å². The van der Waals surface area contributed by atoms with Gasteiger partial charge in [-0.05, 0) is 37.8 Å². The van der Waals surface area contributed by atoms with Gasteiger partial charge in [-0.15, -0.1) is 0 Å². The molecule has 1 aliphatic rings. The lowest BCUT2D eigenvalue weighted by molar-refractivity contribution is 0.134. The highest BCUT2D eigenvalue weighted by atomic mass is 16.5. The standard InChI is InChI=1S/C12H16N2O3/c15-12(16)14-9-1-3-10(4-2-9)17-11-5-7-13-8-6-11/h5-10,14H,1-4H2,(H,15,16)/t9-,10-. The van der Waals surface area contributed by atoms with Gasteiger partial charge in [0.25, 0.3) is 0 Å². The van der Waals surface area contributed by atoms with Crippen LogP contribution in [0.3, 0.4) is 0 Å². The molecular formula is C12H16N2O3. The Labute approximate surface area is 99.8 Å². The topological polar surface area (TPSA) is 71.5 Å². The number of hydrogen-bond acceptors (Lipinski definition) is 3. The van der Waals surface area contributed by atoms with E-state index in [0.717, 1.165) is 31.4 Å². The third-order valence-corrected chi connectivity index (χ3v) is 2.95. The molecule has 1 aromatic rings. The summed E-state index contributed by atoms with van der Waals surface area (Å²) in [6.07, 6.45) is 6.08. The van der Waals surface area contributed by atoms with E-state index in [1.54, 1.807) is 12.4 Å². The van der Waals surface area contributed by atoms with Crippen molar-refractivity contribution in [2.24, 2.45) is 0 Å². The summed E-state index contributed by atoms with van der Waals surface area (Å²) in [4.78, 5) is 14.4. The molecule has 0 aliphatic heterocycles. The highest BCUT2D eigenvalue weighted by Gasteiger charge is 2.23. The van der Waals surface area contributed by atoms with E-state index in [9.17, 15) is 4.79 Å². The first-order chi connectivity index (χ1) is 8.24. The van der Waals surface area contributed by atoms with Crippen molar-refractivity contribution in [3.8, 4) is 5.75 Å². The number of pyridine rings is 1. The normalized spacial score (nSPS) is 24.0. The molecule has 0 aromatic carbocycles. The zero-order chi connectivity index (χ0) is 12.1. The van der Waals surface area contributed by atoms with Crippen molar-refractivity contribution >= 4 is 6.09 Å². The molecule has 1 aromatic heterocycles. The van der Waals surface area contributed by atoms with Crippen LogP contribution >= 0.6 is 0 Å². The molecule has 92 valence electrons. The first-order valence-electron chi connectivity index (χ1n) is 5.80. The first kappa shape index (κ1) is 11.7. The van der Waals surface area contributed by atoms with Gasteiger partial charge in [-0.25, -0.2) is 4.79 Å². The predicted octanol–water partition coefficient (Wildman–Crippen LogP) is 2.04. The van der Waals surface area contributed by atoms with Gasteiger partial charge in [-0.1, -0.05) is 0 Å². The number of aromatic nitrogens is 1. The predicted molar refractivity (Wildman–Crippen MR) is 62.1 cm³/mol. The van der Waals surface area contributed by atoms with E-state index >= 15 is 0 Å². The fraction of sp³-hybridized carbons (Fsp3) is 0.500. The molecule has 0 saturated heterocycles. The van der Waals surface area contributed by atoms with Gasteiger partial charge in [-0.2, -0.15) is 0 Å². The van der Waals surface area contributed by atoms with Crippen LogP contribution in [-0.2, 0) is 0 Å². The Bertz CT molecular complexity index is 361. The Hall–Kier alpha value is -1.78. The molecule has 1 heterocycles. The molecule has 0 unspecified atom stereocenters. The summed E-state index contributed by atoms with van der Waals surface area (Å²) >= 11 is 0. The van der Waals surface area contributed by atoms with Gasteiger partial charge in [0.1, 0.15) is 5.75 Å². The summed E-state index contributed by atoms with van der Waals surface area (Å²) in [7, 11) is 0. The molecular weight excluding hydrogens is 220 g/mol. The van der Waals surface area contributed by atoms with Crippen molar-refractivity contribution in [3.63, 3.8) is 0 Å². The van der Waals surface area contributed by atoms with Crippen LogP contribution in [0.1, 0.15) is 25.7 Å². The van der Waals surface area contributed by atoms with Crippen LogP contribution in [0.2, 0.25) is 0 Å². The van der Waals surface area contributed by atoms with Crippen molar-refractivity contribution in [1.82, 2.24) is 10.3 Å². The van der Waals surface area contributed by atoms with Crippen LogP contribution in [0.15, 0.2) is 24.5 Å². The maximum absolute atomic E-state index is 10.5. The third-order valence-electron chi connectivity index (χ3n) is 2.95. The van der Waals surface area contributed by atoms with E-state index in [0.29, 0.717) is 0 Å². The number of carbonyl (C=O) groups is 1. The summed E-state index contributed by atoms with van der Waals surface area (Å²) < 4.78 is 5.79. The molecule has 1 aliphatic carbocycles. The molecule has 17 heavy (non-hydrogen) atoms. The minimum atomic E-state index is -0.941. The van der Waals surface area contributed by atoms with Crippen molar-refractivity contribution in [2.45, 2.75) is 37.8 Å². The van der Waals surface area contributed by atoms with E-state index in [1.807, 2.05) is 12.1 Å². The monoisotopic (exact) mass is 236 g/mol. The molecule has 1 saturated carbocycles. The van der Waals surface area contributed by atoms with Crippen LogP contribution in [0, 0.1) is 0 Å². The number of nitrogens with zero attached hydrogens (tertiary/aromatic N) is 1. The zero-order valence-electron chi connectivity index (χ0n) is 9.50. The third kappa shape index (κ3) is 3.62. The zero-order valence-corrected chi connectivity index (χ0v) is 9.50. The molecule has 0 atom stereocenters. The second-order valence-electron chi connectivity index (χ2n) is 4.22. The lowest BCUT2D eigenvalue weighted by atomic mass is 9.93. The highest BCUT2D eigenvalue weighted by Crippen LogP contribution is 2.23. The summed E-state index contributed by atoms with van der Waals surface area (Å²) in [6, 6.07) is 3.74. The second kappa shape index (κ2) is 5.52. The van der Waals surface area contributed by atoms with Crippen LogP contribution in [0.5, 0.6) is 5.75 Å². The van der Waals surface area contributed by atoms with E-state index in [4.69, 9.17) is 9.84 Å². The van der Waals surface area contributed by atoms with Crippen molar-refractivity contribution < 1.29 is 14.6 Å². The Balaban J connectivity index is 1.78. The Morgan fingerprint density at radius 3 is 2.53 bits per heavy atom. The van der Waals surface area contributed by atoms with Crippen LogP contribution in [0.25, 0.3) is 0 Å². The Morgan fingerprint density at radius 2 is 1.94 bits per heavy atom. The number of nitrogens with one attached hydrogen (secondary N) is 1. The van der Waals surface area contributed by atoms with E-state index in [-0.39, 0.29) is 12.1 Å². The van der Waals surface area contributed by atoms with Gasteiger partial charge in [0.15, 0.2) is 0 Å². The van der Waals surface area contributed by atoms with Gasteiger partial charge in [0, 0.05) is 18.4 Å². The van der Waals surface area contributed by atoms with Gasteiger partial charge in [0.05, 0.1) is 6.10 Å². The number of rotatable bonds is 3. The summed E-state index contributed by atoms with van der Waals surface area (Å²) in [6.45, 7) is 0. The number of amides is 1. The molecule has 1 amide bonds. The molecule has 2 rings (SSSR count). The van der Waals surface area contributed by atoms with Crippen molar-refractivity contribution in [2.75, 3.05) is 0 Å². The van der Waals surface area contributed by atoms with Gasteiger partial charge in [0.2, 0.25) is 0 Å². The van der Waals surface area contributed by atoms with Gasteiger partial charge < -0.3 is 15.2 Å². The highest BCUT2D eigenvalue weighted by molar-refractivity contribution is 5.64. The molecule has 0 bridgehead atoms. The Kier molecular flexibility index (Phi) is 3.80. The quantitative estimate of drug-likeness (QED) is 0.842. The Morgan fingerprint density at radius 1 is 1.29 bits per heavy atom. The number of carboxylic acid groups (broad SMARTS) is 1. The summed E-state index contributed by atoms with van der Waals surface area (Å²) in [5, 5.41) is 11.1. The average Bonchev–Trinajstić information content (AvgIpc) is 2.32. The lowest BCUT2D eigenvalue weighted by Crippen LogP contribution is -2.38. The van der Waals surface area contributed by atoms with Crippen LogP contribution in [-0.4, -0.2) is 28.3 Å². The molecule has 0 radical (unpaired) electrons. The molecule has 5 nitrogen and oxygen atoms in total. The molecule has 5 heteroatoms. The maximum Gasteiger partial charge on any atom is 0.404 e. The molecule has 0 spiro atoms. The fourth-order valence-electron chi connectivity index (χ4n) is 2.11. The summed E-state index contributed by atoms with van der Waals surface area (Å²) in [5.74, 6) is 0.828. The minimum absolute atomic E-state index is 0.0739. The fourth-order valence-corrected chi connectivity index (χ4v) is 2.11. The van der Waals surface area contributed by atoms with E-state index in [1.165, 1.54) is 0 Å².